The van der Waals surface area contributed by atoms with Gasteiger partial charge in [-0.15, -0.1) is 0 Å². The molecule has 1 N–H and O–H groups in total. The van der Waals surface area contributed by atoms with Crippen molar-refractivity contribution >= 4 is 17.2 Å². The van der Waals surface area contributed by atoms with Crippen molar-refractivity contribution in [3.63, 3.8) is 0 Å². The smallest absolute Gasteiger partial charge is 0.162 e. The first kappa shape index (κ1) is 12.0. The van der Waals surface area contributed by atoms with Gasteiger partial charge in [-0.25, -0.2) is 9.97 Å². The second-order valence-corrected chi connectivity index (χ2v) is 4.98. The van der Waals surface area contributed by atoms with E-state index in [1.807, 2.05) is 11.4 Å². The minimum atomic E-state index is 0.410. The molecular formula is C13H17N3S. The van der Waals surface area contributed by atoms with Crippen LogP contribution in [0.25, 0.3) is 11.4 Å². The van der Waals surface area contributed by atoms with E-state index in [1.54, 1.807) is 11.3 Å². The molecule has 2 heterocycles. The van der Waals surface area contributed by atoms with Crippen LogP contribution in [0.15, 0.2) is 22.9 Å². The van der Waals surface area contributed by atoms with Gasteiger partial charge in [-0.05, 0) is 24.3 Å². The van der Waals surface area contributed by atoms with Gasteiger partial charge in [-0.2, -0.15) is 11.3 Å². The summed E-state index contributed by atoms with van der Waals surface area (Å²) in [5.41, 5.74) is 2.17. The second kappa shape index (κ2) is 5.27. The van der Waals surface area contributed by atoms with Gasteiger partial charge in [0.2, 0.25) is 0 Å². The Labute approximate surface area is 106 Å². The molecule has 2 aromatic heterocycles. The first-order chi connectivity index (χ1) is 8.20. The summed E-state index contributed by atoms with van der Waals surface area (Å²) in [6.07, 6.45) is 0. The number of hydrogen-bond acceptors (Lipinski definition) is 4. The number of hydrogen-bond donors (Lipinski definition) is 1. The predicted octanol–water partition coefficient (Wildman–Crippen LogP) is 3.76. The third-order valence-corrected chi connectivity index (χ3v) is 3.16. The molecule has 2 aromatic rings. The molecule has 0 bridgehead atoms. The van der Waals surface area contributed by atoms with E-state index in [1.165, 1.54) is 0 Å². The van der Waals surface area contributed by atoms with Crippen molar-refractivity contribution in [1.29, 1.82) is 0 Å². The maximum absolute atomic E-state index is 4.61. The van der Waals surface area contributed by atoms with E-state index in [9.17, 15) is 0 Å². The summed E-state index contributed by atoms with van der Waals surface area (Å²) in [4.78, 5) is 9.15. The molecule has 0 amide bonds. The summed E-state index contributed by atoms with van der Waals surface area (Å²) in [6.45, 7) is 7.24. The summed E-state index contributed by atoms with van der Waals surface area (Å²) >= 11 is 1.67. The third kappa shape index (κ3) is 2.82. The molecule has 0 aliphatic carbocycles. The van der Waals surface area contributed by atoms with Gasteiger partial charge < -0.3 is 5.32 Å². The zero-order valence-electron chi connectivity index (χ0n) is 10.4. The molecule has 0 fully saturated rings. The maximum Gasteiger partial charge on any atom is 0.162 e. The highest BCUT2D eigenvalue weighted by atomic mass is 32.1. The zero-order chi connectivity index (χ0) is 12.3. The molecule has 3 nitrogen and oxygen atoms in total. The minimum absolute atomic E-state index is 0.410. The van der Waals surface area contributed by atoms with Crippen molar-refractivity contribution in [2.24, 2.45) is 0 Å². The van der Waals surface area contributed by atoms with Crippen LogP contribution in [0.1, 0.15) is 32.4 Å². The van der Waals surface area contributed by atoms with Gasteiger partial charge in [-0.3, -0.25) is 0 Å². The SMILES string of the molecule is CCNc1cc(C(C)C)nc(-c2ccsc2)n1. The van der Waals surface area contributed by atoms with Gasteiger partial charge in [0.05, 0.1) is 0 Å². The van der Waals surface area contributed by atoms with E-state index < -0.39 is 0 Å². The fourth-order valence-electron chi connectivity index (χ4n) is 1.55. The molecule has 4 heteroatoms. The average molecular weight is 247 g/mol. The van der Waals surface area contributed by atoms with Crippen molar-refractivity contribution in [2.75, 3.05) is 11.9 Å². The number of rotatable bonds is 4. The normalized spacial score (nSPS) is 10.8. The van der Waals surface area contributed by atoms with Gasteiger partial charge in [0.1, 0.15) is 5.82 Å². The summed E-state index contributed by atoms with van der Waals surface area (Å²) < 4.78 is 0. The molecule has 0 aliphatic heterocycles. The van der Waals surface area contributed by atoms with E-state index in [2.05, 4.69) is 47.5 Å². The van der Waals surface area contributed by atoms with Gasteiger partial charge in [0, 0.05) is 29.2 Å². The van der Waals surface area contributed by atoms with Gasteiger partial charge in [-0.1, -0.05) is 13.8 Å². The minimum Gasteiger partial charge on any atom is -0.370 e. The molecule has 0 aliphatic rings. The van der Waals surface area contributed by atoms with Crippen molar-refractivity contribution in [3.8, 4) is 11.4 Å². The van der Waals surface area contributed by atoms with Crippen LogP contribution in [0.3, 0.4) is 0 Å². The van der Waals surface area contributed by atoms with Crippen molar-refractivity contribution in [1.82, 2.24) is 9.97 Å². The molecule has 0 spiro atoms. The number of anilines is 1. The number of nitrogens with zero attached hydrogens (tertiary/aromatic N) is 2. The van der Waals surface area contributed by atoms with E-state index >= 15 is 0 Å². The standard InChI is InChI=1S/C13H17N3S/c1-4-14-12-7-11(9(2)3)15-13(16-12)10-5-6-17-8-10/h5-9H,4H2,1-3H3,(H,14,15,16). The van der Waals surface area contributed by atoms with Crippen molar-refractivity contribution in [3.05, 3.63) is 28.6 Å². The Morgan fingerprint density at radius 1 is 1.35 bits per heavy atom. The lowest BCUT2D eigenvalue weighted by Crippen LogP contribution is -2.04. The van der Waals surface area contributed by atoms with Crippen LogP contribution in [0.4, 0.5) is 5.82 Å². The zero-order valence-corrected chi connectivity index (χ0v) is 11.2. The molecular weight excluding hydrogens is 230 g/mol. The van der Waals surface area contributed by atoms with E-state index in [0.717, 1.165) is 29.4 Å². The summed E-state index contributed by atoms with van der Waals surface area (Å²) in [5.74, 6) is 2.13. The van der Waals surface area contributed by atoms with Gasteiger partial charge >= 0.3 is 0 Å². The summed E-state index contributed by atoms with van der Waals surface area (Å²) in [5, 5.41) is 7.39. The largest absolute Gasteiger partial charge is 0.370 e. The fourth-order valence-corrected chi connectivity index (χ4v) is 2.19. The number of nitrogens with one attached hydrogen (secondary N) is 1. The Morgan fingerprint density at radius 3 is 2.76 bits per heavy atom. The van der Waals surface area contributed by atoms with Gasteiger partial charge in [0.25, 0.3) is 0 Å². The quantitative estimate of drug-likeness (QED) is 0.894. The third-order valence-electron chi connectivity index (χ3n) is 2.47. The second-order valence-electron chi connectivity index (χ2n) is 4.20. The van der Waals surface area contributed by atoms with Crippen LogP contribution in [-0.2, 0) is 0 Å². The highest BCUT2D eigenvalue weighted by molar-refractivity contribution is 7.08. The molecule has 17 heavy (non-hydrogen) atoms. The highest BCUT2D eigenvalue weighted by Crippen LogP contribution is 2.23. The molecule has 0 saturated carbocycles. The average Bonchev–Trinajstić information content (AvgIpc) is 2.82. The van der Waals surface area contributed by atoms with E-state index in [0.29, 0.717) is 5.92 Å². The monoisotopic (exact) mass is 247 g/mol. The first-order valence-corrected chi connectivity index (χ1v) is 6.80. The maximum atomic E-state index is 4.61. The Bertz CT molecular complexity index is 477. The van der Waals surface area contributed by atoms with Crippen LogP contribution in [0.5, 0.6) is 0 Å². The van der Waals surface area contributed by atoms with Crippen LogP contribution in [0.2, 0.25) is 0 Å². The molecule has 2 rings (SSSR count). The lowest BCUT2D eigenvalue weighted by atomic mass is 10.1. The van der Waals surface area contributed by atoms with E-state index in [4.69, 9.17) is 0 Å². The lowest BCUT2D eigenvalue weighted by molar-refractivity contribution is 0.817. The summed E-state index contributed by atoms with van der Waals surface area (Å²) in [6, 6.07) is 4.09. The topological polar surface area (TPSA) is 37.8 Å². The fraction of sp³-hybridized carbons (Fsp3) is 0.385. The Kier molecular flexibility index (Phi) is 3.74. The van der Waals surface area contributed by atoms with E-state index in [-0.39, 0.29) is 0 Å². The molecule has 0 atom stereocenters. The molecule has 0 aromatic carbocycles. The van der Waals surface area contributed by atoms with Gasteiger partial charge in [0.15, 0.2) is 5.82 Å². The first-order valence-electron chi connectivity index (χ1n) is 5.86. The number of aromatic nitrogens is 2. The predicted molar refractivity (Wildman–Crippen MR) is 73.6 cm³/mol. The lowest BCUT2D eigenvalue weighted by Gasteiger charge is -2.10. The Morgan fingerprint density at radius 2 is 2.18 bits per heavy atom. The molecule has 0 saturated heterocycles. The Balaban J connectivity index is 2.44. The molecule has 0 unspecified atom stereocenters. The number of thiophene rings is 1. The van der Waals surface area contributed by atoms with Crippen LogP contribution in [-0.4, -0.2) is 16.5 Å². The summed E-state index contributed by atoms with van der Waals surface area (Å²) in [7, 11) is 0. The van der Waals surface area contributed by atoms with Crippen molar-refractivity contribution in [2.45, 2.75) is 26.7 Å². The van der Waals surface area contributed by atoms with Crippen LogP contribution < -0.4 is 5.32 Å². The highest BCUT2D eigenvalue weighted by Gasteiger charge is 2.09. The molecule has 0 radical (unpaired) electrons. The van der Waals surface area contributed by atoms with Crippen molar-refractivity contribution < 1.29 is 0 Å². The van der Waals surface area contributed by atoms with Crippen LogP contribution >= 0.6 is 11.3 Å². The molecule has 90 valence electrons. The Hall–Kier alpha value is -1.42. The van der Waals surface area contributed by atoms with Crippen LogP contribution in [0, 0.1) is 0 Å².